The third kappa shape index (κ3) is 1.60. The monoisotopic (exact) mass is 134 g/mol. The fourth-order valence-corrected chi connectivity index (χ4v) is 1.12. The molecule has 0 fully saturated rings. The highest BCUT2D eigenvalue weighted by Crippen LogP contribution is 2.23. The van der Waals surface area contributed by atoms with Crippen molar-refractivity contribution in [2.45, 2.75) is 19.8 Å². The van der Waals surface area contributed by atoms with Crippen molar-refractivity contribution in [2.24, 2.45) is 5.92 Å². The minimum Gasteiger partial charge on any atom is -0.0986 e. The molecule has 0 bridgehead atoms. The average Bonchev–Trinajstić information content (AvgIpc) is 2.31. The lowest BCUT2D eigenvalue weighted by molar-refractivity contribution is 0.978. The predicted molar refractivity (Wildman–Crippen MR) is 45.8 cm³/mol. The topological polar surface area (TPSA) is 0 Å². The van der Waals surface area contributed by atoms with Gasteiger partial charge in [-0.2, -0.15) is 0 Å². The third-order valence-corrected chi connectivity index (χ3v) is 1.77. The number of hydrogen-bond donors (Lipinski definition) is 0. The van der Waals surface area contributed by atoms with Gasteiger partial charge in [-0.25, -0.2) is 0 Å². The van der Waals surface area contributed by atoms with Gasteiger partial charge in [0, 0.05) is 5.92 Å². The van der Waals surface area contributed by atoms with E-state index >= 15 is 0 Å². The van der Waals surface area contributed by atoms with Crippen LogP contribution in [-0.4, -0.2) is 0 Å². The van der Waals surface area contributed by atoms with E-state index in [0.29, 0.717) is 5.92 Å². The molecule has 0 heterocycles. The number of rotatable bonds is 2. The molecule has 1 rings (SSSR count). The predicted octanol–water partition coefficient (Wildman–Crippen LogP) is 3.08. The standard InChI is InChI=1S/C10H14/c1-3-4-7-10-8-5-6-9(10)2/h4-5,7-8,10H,2-3,6H2,1H3/b7-4-. The molecule has 10 heavy (non-hydrogen) atoms. The Bertz CT molecular complexity index is 172. The average molecular weight is 134 g/mol. The van der Waals surface area contributed by atoms with Crippen molar-refractivity contribution >= 4 is 0 Å². The second-order valence-electron chi connectivity index (χ2n) is 2.65. The molecule has 0 radical (unpaired) electrons. The second kappa shape index (κ2) is 3.40. The molecule has 0 aliphatic heterocycles. The van der Waals surface area contributed by atoms with E-state index in [9.17, 15) is 0 Å². The zero-order chi connectivity index (χ0) is 7.40. The maximum absolute atomic E-state index is 3.97. The first kappa shape index (κ1) is 7.33. The van der Waals surface area contributed by atoms with Crippen LogP contribution >= 0.6 is 0 Å². The summed E-state index contributed by atoms with van der Waals surface area (Å²) in [5.74, 6) is 0.528. The Kier molecular flexibility index (Phi) is 2.49. The Morgan fingerprint density at radius 2 is 2.60 bits per heavy atom. The minimum absolute atomic E-state index is 0.528. The van der Waals surface area contributed by atoms with Gasteiger partial charge in [-0.3, -0.25) is 0 Å². The van der Waals surface area contributed by atoms with Crippen molar-refractivity contribution in [1.82, 2.24) is 0 Å². The molecule has 1 aliphatic carbocycles. The minimum atomic E-state index is 0.528. The maximum Gasteiger partial charge on any atom is 0.0157 e. The molecule has 0 heteroatoms. The molecule has 0 amide bonds. The maximum atomic E-state index is 3.97. The van der Waals surface area contributed by atoms with Gasteiger partial charge < -0.3 is 0 Å². The molecule has 1 unspecified atom stereocenters. The smallest absolute Gasteiger partial charge is 0.0157 e. The highest BCUT2D eigenvalue weighted by Gasteiger charge is 2.08. The second-order valence-corrected chi connectivity index (χ2v) is 2.65. The zero-order valence-corrected chi connectivity index (χ0v) is 6.51. The Balaban J connectivity index is 2.48. The van der Waals surface area contributed by atoms with E-state index in [4.69, 9.17) is 0 Å². The largest absolute Gasteiger partial charge is 0.0986 e. The van der Waals surface area contributed by atoms with E-state index in [1.807, 2.05) is 0 Å². The lowest BCUT2D eigenvalue weighted by Gasteiger charge is -2.01. The normalized spacial score (nSPS) is 24.9. The van der Waals surface area contributed by atoms with Gasteiger partial charge in [-0.15, -0.1) is 0 Å². The molecule has 54 valence electrons. The zero-order valence-electron chi connectivity index (χ0n) is 6.51. The highest BCUT2D eigenvalue weighted by atomic mass is 14.1. The van der Waals surface area contributed by atoms with Crippen molar-refractivity contribution in [2.75, 3.05) is 0 Å². The van der Waals surface area contributed by atoms with Gasteiger partial charge in [0.05, 0.1) is 0 Å². The van der Waals surface area contributed by atoms with E-state index < -0.39 is 0 Å². The van der Waals surface area contributed by atoms with Gasteiger partial charge in [-0.1, -0.05) is 43.4 Å². The summed E-state index contributed by atoms with van der Waals surface area (Å²) in [5.41, 5.74) is 1.32. The van der Waals surface area contributed by atoms with E-state index in [1.54, 1.807) is 0 Å². The first-order chi connectivity index (χ1) is 4.84. The molecule has 1 aliphatic rings. The summed E-state index contributed by atoms with van der Waals surface area (Å²) >= 11 is 0. The molecule has 0 aromatic heterocycles. The molecular weight excluding hydrogens is 120 g/mol. The van der Waals surface area contributed by atoms with Crippen molar-refractivity contribution in [1.29, 1.82) is 0 Å². The Hall–Kier alpha value is -0.780. The summed E-state index contributed by atoms with van der Waals surface area (Å²) in [5, 5.41) is 0. The van der Waals surface area contributed by atoms with Crippen LogP contribution in [0.1, 0.15) is 19.8 Å². The first-order valence-corrected chi connectivity index (χ1v) is 3.85. The van der Waals surface area contributed by atoms with Crippen molar-refractivity contribution in [3.63, 3.8) is 0 Å². The van der Waals surface area contributed by atoms with Crippen molar-refractivity contribution < 1.29 is 0 Å². The van der Waals surface area contributed by atoms with Crippen LogP contribution in [0.15, 0.2) is 36.5 Å². The van der Waals surface area contributed by atoms with Crippen LogP contribution in [0.25, 0.3) is 0 Å². The molecule has 1 atom stereocenters. The summed E-state index contributed by atoms with van der Waals surface area (Å²) in [6.45, 7) is 6.13. The summed E-state index contributed by atoms with van der Waals surface area (Å²) in [4.78, 5) is 0. The molecule has 0 aromatic carbocycles. The summed E-state index contributed by atoms with van der Waals surface area (Å²) in [6.07, 6.45) is 11.0. The lowest BCUT2D eigenvalue weighted by atomic mass is 10.0. The molecule has 0 N–H and O–H groups in total. The highest BCUT2D eigenvalue weighted by molar-refractivity contribution is 5.25. The quantitative estimate of drug-likeness (QED) is 0.509. The van der Waals surface area contributed by atoms with Crippen LogP contribution in [0.4, 0.5) is 0 Å². The fraction of sp³-hybridized carbons (Fsp3) is 0.400. The van der Waals surface area contributed by atoms with Crippen molar-refractivity contribution in [3.05, 3.63) is 36.5 Å². The van der Waals surface area contributed by atoms with Gasteiger partial charge in [0.25, 0.3) is 0 Å². The third-order valence-electron chi connectivity index (χ3n) is 1.77. The molecule has 0 saturated heterocycles. The van der Waals surface area contributed by atoms with Crippen LogP contribution in [0.2, 0.25) is 0 Å². The van der Waals surface area contributed by atoms with Crippen LogP contribution in [0.5, 0.6) is 0 Å². The van der Waals surface area contributed by atoms with Crippen LogP contribution in [0, 0.1) is 5.92 Å². The number of allylic oxidation sites excluding steroid dienone is 5. The Morgan fingerprint density at radius 1 is 1.80 bits per heavy atom. The Labute approximate surface area is 62.9 Å². The molecule has 0 aromatic rings. The Morgan fingerprint density at radius 3 is 3.10 bits per heavy atom. The summed E-state index contributed by atoms with van der Waals surface area (Å²) < 4.78 is 0. The lowest BCUT2D eigenvalue weighted by Crippen LogP contribution is -1.87. The SMILES string of the molecule is C=C1CC=CC1/C=C\CC. The van der Waals surface area contributed by atoms with Gasteiger partial charge in [-0.05, 0) is 12.8 Å². The molecule has 0 nitrogen and oxygen atoms in total. The van der Waals surface area contributed by atoms with Crippen LogP contribution in [-0.2, 0) is 0 Å². The first-order valence-electron chi connectivity index (χ1n) is 3.85. The number of hydrogen-bond acceptors (Lipinski definition) is 0. The van der Waals surface area contributed by atoms with E-state index in [0.717, 1.165) is 12.8 Å². The van der Waals surface area contributed by atoms with E-state index in [-0.39, 0.29) is 0 Å². The van der Waals surface area contributed by atoms with E-state index in [1.165, 1.54) is 5.57 Å². The van der Waals surface area contributed by atoms with Gasteiger partial charge in [0.2, 0.25) is 0 Å². The molecule has 0 saturated carbocycles. The van der Waals surface area contributed by atoms with Crippen molar-refractivity contribution in [3.8, 4) is 0 Å². The van der Waals surface area contributed by atoms with Gasteiger partial charge in [0.1, 0.15) is 0 Å². The molecular formula is C10H14. The summed E-state index contributed by atoms with van der Waals surface area (Å²) in [7, 11) is 0. The van der Waals surface area contributed by atoms with E-state index in [2.05, 4.69) is 37.8 Å². The summed E-state index contributed by atoms with van der Waals surface area (Å²) in [6, 6.07) is 0. The van der Waals surface area contributed by atoms with Crippen LogP contribution < -0.4 is 0 Å². The fourth-order valence-electron chi connectivity index (χ4n) is 1.12. The van der Waals surface area contributed by atoms with Gasteiger partial charge in [0.15, 0.2) is 0 Å². The van der Waals surface area contributed by atoms with Crippen LogP contribution in [0.3, 0.4) is 0 Å². The molecule has 0 spiro atoms. The van der Waals surface area contributed by atoms with Gasteiger partial charge >= 0.3 is 0 Å².